The Kier molecular flexibility index (Phi) is 4.13. The van der Waals surface area contributed by atoms with Gasteiger partial charge in [-0.25, -0.2) is 0 Å². The molecule has 1 unspecified atom stereocenters. The quantitative estimate of drug-likeness (QED) is 0.886. The van der Waals surface area contributed by atoms with Crippen molar-refractivity contribution in [3.63, 3.8) is 0 Å². The van der Waals surface area contributed by atoms with Gasteiger partial charge in [-0.15, -0.1) is 0 Å². The van der Waals surface area contributed by atoms with Crippen LogP contribution in [0.2, 0.25) is 0 Å². The van der Waals surface area contributed by atoms with Gasteiger partial charge in [0.2, 0.25) is 0 Å². The number of nitrogens with zero attached hydrogens (tertiary/aromatic N) is 1. The zero-order chi connectivity index (χ0) is 15.6. The molecule has 2 aromatic rings. The van der Waals surface area contributed by atoms with Crippen molar-refractivity contribution >= 4 is 16.8 Å². The number of carbonyl (C=O) groups excluding carboxylic acids is 1. The molecule has 0 radical (unpaired) electrons. The van der Waals surface area contributed by atoms with Gasteiger partial charge in [0.05, 0.1) is 30.5 Å². The molecule has 0 spiro atoms. The molecule has 118 valence electrons. The molecule has 6 heteroatoms. The topological polar surface area (TPSA) is 76.2 Å². The van der Waals surface area contributed by atoms with Gasteiger partial charge in [-0.05, 0) is 25.0 Å². The second-order valence-corrected chi connectivity index (χ2v) is 5.99. The van der Waals surface area contributed by atoms with Gasteiger partial charge in [0.1, 0.15) is 0 Å². The summed E-state index contributed by atoms with van der Waals surface area (Å²) in [5, 5.41) is 10.7. The highest BCUT2D eigenvalue weighted by Crippen LogP contribution is 2.26. The van der Waals surface area contributed by atoms with Crippen molar-refractivity contribution in [2.45, 2.75) is 26.1 Å². The van der Waals surface area contributed by atoms with Gasteiger partial charge in [-0.1, -0.05) is 13.0 Å². The summed E-state index contributed by atoms with van der Waals surface area (Å²) < 4.78 is 11.2. The molecule has 2 N–H and O–H groups in total. The first-order valence-electron chi connectivity index (χ1n) is 7.56. The Morgan fingerprint density at radius 3 is 3.00 bits per heavy atom. The molecule has 1 aliphatic rings. The van der Waals surface area contributed by atoms with E-state index in [-0.39, 0.29) is 11.8 Å². The second-order valence-electron chi connectivity index (χ2n) is 5.99. The van der Waals surface area contributed by atoms with E-state index in [0.717, 1.165) is 17.3 Å². The number of nitrogens with one attached hydrogen (secondary N) is 2. The lowest BCUT2D eigenvalue weighted by atomic mass is 10.0. The maximum Gasteiger partial charge on any atom is 0.252 e. The van der Waals surface area contributed by atoms with Gasteiger partial charge in [-0.2, -0.15) is 5.10 Å². The minimum absolute atomic E-state index is 0.0859. The van der Waals surface area contributed by atoms with E-state index in [1.54, 1.807) is 6.20 Å². The number of hydrogen-bond acceptors (Lipinski definition) is 4. The van der Waals surface area contributed by atoms with E-state index in [2.05, 4.69) is 22.4 Å². The van der Waals surface area contributed by atoms with Gasteiger partial charge in [0.15, 0.2) is 5.79 Å². The van der Waals surface area contributed by atoms with E-state index in [1.807, 2.05) is 25.1 Å². The van der Waals surface area contributed by atoms with E-state index in [9.17, 15) is 4.79 Å². The number of benzene rings is 1. The monoisotopic (exact) mass is 303 g/mol. The third kappa shape index (κ3) is 3.13. The number of aromatic amines is 1. The number of ether oxygens (including phenoxy) is 2. The Bertz CT molecular complexity index is 661. The van der Waals surface area contributed by atoms with Gasteiger partial charge >= 0.3 is 0 Å². The highest BCUT2D eigenvalue weighted by Gasteiger charge is 2.32. The van der Waals surface area contributed by atoms with Crippen molar-refractivity contribution in [1.29, 1.82) is 0 Å². The first-order valence-corrected chi connectivity index (χ1v) is 7.56. The maximum absolute atomic E-state index is 12.4. The van der Waals surface area contributed by atoms with Gasteiger partial charge in [-0.3, -0.25) is 9.89 Å². The molecule has 1 fully saturated rings. The highest BCUT2D eigenvalue weighted by molar-refractivity contribution is 6.05. The molecule has 1 aliphatic heterocycles. The number of aromatic nitrogens is 2. The molecule has 6 nitrogen and oxygen atoms in total. The van der Waals surface area contributed by atoms with Crippen LogP contribution in [-0.4, -0.2) is 41.7 Å². The Morgan fingerprint density at radius 2 is 2.23 bits per heavy atom. The molecular formula is C16H21N3O3. The predicted octanol–water partition coefficient (Wildman–Crippen LogP) is 2.08. The zero-order valence-electron chi connectivity index (χ0n) is 12.9. The van der Waals surface area contributed by atoms with Gasteiger partial charge in [0.25, 0.3) is 5.91 Å². The van der Waals surface area contributed by atoms with Crippen LogP contribution < -0.4 is 5.32 Å². The van der Waals surface area contributed by atoms with Crippen LogP contribution in [0.4, 0.5) is 0 Å². The number of hydrogen-bond donors (Lipinski definition) is 2. The molecule has 1 aromatic heterocycles. The minimum atomic E-state index is -0.519. The lowest BCUT2D eigenvalue weighted by molar-refractivity contribution is -0.153. The summed E-state index contributed by atoms with van der Waals surface area (Å²) in [7, 11) is 0. The van der Waals surface area contributed by atoms with Gasteiger partial charge < -0.3 is 14.8 Å². The van der Waals surface area contributed by atoms with Crippen LogP contribution >= 0.6 is 0 Å². The minimum Gasteiger partial charge on any atom is -0.352 e. The molecule has 0 aliphatic carbocycles. The Morgan fingerprint density at radius 1 is 1.45 bits per heavy atom. The normalized spacial score (nSPS) is 18.5. The largest absolute Gasteiger partial charge is 0.352 e. The van der Waals surface area contributed by atoms with Crippen LogP contribution in [0.25, 0.3) is 10.9 Å². The Labute approximate surface area is 129 Å². The zero-order valence-corrected chi connectivity index (χ0v) is 12.9. The summed E-state index contributed by atoms with van der Waals surface area (Å²) in [6, 6.07) is 5.56. The van der Waals surface area contributed by atoms with Crippen LogP contribution in [0.1, 0.15) is 30.6 Å². The SMILES string of the molecule is CC(CNC(=O)c1cccc2[nH]ncc12)CC1(C)OCCO1. The van der Waals surface area contributed by atoms with Crippen LogP contribution in [0.15, 0.2) is 24.4 Å². The van der Waals surface area contributed by atoms with Crippen molar-refractivity contribution in [2.24, 2.45) is 5.92 Å². The molecule has 1 saturated heterocycles. The number of carbonyl (C=O) groups is 1. The van der Waals surface area contributed by atoms with Gasteiger partial charge in [0, 0.05) is 18.4 Å². The van der Waals surface area contributed by atoms with E-state index >= 15 is 0 Å². The van der Waals surface area contributed by atoms with Crippen molar-refractivity contribution in [3.05, 3.63) is 30.0 Å². The summed E-state index contributed by atoms with van der Waals surface area (Å²) >= 11 is 0. The van der Waals surface area contributed by atoms with Crippen molar-refractivity contribution < 1.29 is 14.3 Å². The molecule has 1 amide bonds. The van der Waals surface area contributed by atoms with Crippen LogP contribution in [0.3, 0.4) is 0 Å². The number of fused-ring (bicyclic) bond motifs is 1. The fourth-order valence-corrected chi connectivity index (χ4v) is 2.91. The van der Waals surface area contributed by atoms with Crippen LogP contribution in [0, 0.1) is 5.92 Å². The molecule has 2 heterocycles. The first kappa shape index (κ1) is 15.0. The molecule has 1 atom stereocenters. The van der Waals surface area contributed by atoms with E-state index < -0.39 is 5.79 Å². The smallest absolute Gasteiger partial charge is 0.252 e. The summed E-state index contributed by atoms with van der Waals surface area (Å²) in [6.07, 6.45) is 2.43. The molecule has 0 saturated carbocycles. The standard InChI is InChI=1S/C16H21N3O3/c1-11(8-16(2)21-6-7-22-16)9-17-15(20)12-4-3-5-14-13(12)10-18-19-14/h3-5,10-11H,6-9H2,1-2H3,(H,17,20)(H,18,19). The summed E-state index contributed by atoms with van der Waals surface area (Å²) in [6.45, 7) is 5.88. The number of amides is 1. The number of H-pyrrole nitrogens is 1. The summed E-state index contributed by atoms with van der Waals surface area (Å²) in [4.78, 5) is 12.4. The average molecular weight is 303 g/mol. The molecule has 3 rings (SSSR count). The third-order valence-corrected chi connectivity index (χ3v) is 3.96. The fraction of sp³-hybridized carbons (Fsp3) is 0.500. The second kappa shape index (κ2) is 6.06. The van der Waals surface area contributed by atoms with E-state index in [1.165, 1.54) is 0 Å². The van der Waals surface area contributed by atoms with E-state index in [4.69, 9.17) is 9.47 Å². The van der Waals surface area contributed by atoms with Crippen molar-refractivity contribution in [1.82, 2.24) is 15.5 Å². The third-order valence-electron chi connectivity index (χ3n) is 3.96. The van der Waals surface area contributed by atoms with Crippen LogP contribution in [-0.2, 0) is 9.47 Å². The summed E-state index contributed by atoms with van der Waals surface area (Å²) in [5.41, 5.74) is 1.50. The Balaban J connectivity index is 1.59. The average Bonchev–Trinajstić information content (AvgIpc) is 3.13. The van der Waals surface area contributed by atoms with Crippen molar-refractivity contribution in [2.75, 3.05) is 19.8 Å². The van der Waals surface area contributed by atoms with Crippen LogP contribution in [0.5, 0.6) is 0 Å². The summed E-state index contributed by atoms with van der Waals surface area (Å²) in [5.74, 6) is -0.345. The predicted molar refractivity (Wildman–Crippen MR) is 82.5 cm³/mol. The molecule has 1 aromatic carbocycles. The van der Waals surface area contributed by atoms with E-state index in [0.29, 0.717) is 25.3 Å². The highest BCUT2D eigenvalue weighted by atomic mass is 16.7. The maximum atomic E-state index is 12.4. The van der Waals surface area contributed by atoms with Crippen molar-refractivity contribution in [3.8, 4) is 0 Å². The lowest BCUT2D eigenvalue weighted by Gasteiger charge is -2.26. The molecule has 22 heavy (non-hydrogen) atoms. The molecule has 0 bridgehead atoms. The first-order chi connectivity index (χ1) is 10.6. The lowest BCUT2D eigenvalue weighted by Crippen LogP contribution is -2.34. The molecular weight excluding hydrogens is 282 g/mol. The Hall–Kier alpha value is -1.92. The number of rotatable bonds is 5. The fourth-order valence-electron chi connectivity index (χ4n) is 2.91.